The molecule has 2 amide bonds. The highest BCUT2D eigenvalue weighted by molar-refractivity contribution is 5.90. The molecule has 0 saturated heterocycles. The molecule has 1 fully saturated rings. The average Bonchev–Trinajstić information content (AvgIpc) is 3.06. The average molecular weight is 319 g/mol. The van der Waals surface area contributed by atoms with Crippen LogP contribution in [0.3, 0.4) is 0 Å². The maximum Gasteiger partial charge on any atom is 0.267 e. The number of carbonyl (C=O) groups is 2. The van der Waals surface area contributed by atoms with E-state index in [4.69, 9.17) is 5.21 Å². The van der Waals surface area contributed by atoms with E-state index < -0.39 is 11.9 Å². The quantitative estimate of drug-likeness (QED) is 0.351. The number of hydrogen-bond donors (Lipinski definition) is 4. The second kappa shape index (κ2) is 8.23. The molecule has 1 aliphatic rings. The van der Waals surface area contributed by atoms with Crippen LogP contribution in [0.4, 0.5) is 5.82 Å². The van der Waals surface area contributed by atoms with Gasteiger partial charge >= 0.3 is 0 Å². The Hall–Kier alpha value is -2.48. The molecular weight excluding hydrogens is 298 g/mol. The van der Waals surface area contributed by atoms with Crippen LogP contribution in [0.15, 0.2) is 18.5 Å². The Kier molecular flexibility index (Phi) is 6.04. The van der Waals surface area contributed by atoms with Crippen LogP contribution in [-0.2, 0) is 9.59 Å². The molecule has 0 radical (unpaired) electrons. The predicted octanol–water partition coefficient (Wildman–Crippen LogP) is 0.854. The summed E-state index contributed by atoms with van der Waals surface area (Å²) < 4.78 is 0. The van der Waals surface area contributed by atoms with Gasteiger partial charge in [-0.1, -0.05) is 12.8 Å². The molecule has 0 spiro atoms. The van der Waals surface area contributed by atoms with Gasteiger partial charge in [-0.05, 0) is 25.8 Å². The zero-order valence-corrected chi connectivity index (χ0v) is 13.0. The van der Waals surface area contributed by atoms with Gasteiger partial charge < -0.3 is 10.6 Å². The molecule has 8 heteroatoms. The van der Waals surface area contributed by atoms with Crippen LogP contribution < -0.4 is 16.1 Å². The Bertz CT molecular complexity index is 567. The molecule has 0 aliphatic heterocycles. The normalized spacial score (nSPS) is 16.3. The van der Waals surface area contributed by atoms with Crippen molar-refractivity contribution in [1.82, 2.24) is 20.8 Å². The summed E-state index contributed by atoms with van der Waals surface area (Å²) in [5.74, 6) is -0.226. The fourth-order valence-corrected chi connectivity index (χ4v) is 2.38. The van der Waals surface area contributed by atoms with Crippen LogP contribution >= 0.6 is 0 Å². The number of nitrogens with zero attached hydrogens (tertiary/aromatic N) is 2. The largest absolute Gasteiger partial charge is 0.357 e. The van der Waals surface area contributed by atoms with E-state index in [0.717, 1.165) is 18.9 Å². The van der Waals surface area contributed by atoms with Crippen LogP contribution in [-0.4, -0.2) is 39.1 Å². The van der Waals surface area contributed by atoms with Gasteiger partial charge in [0, 0.05) is 12.1 Å². The lowest BCUT2D eigenvalue weighted by molar-refractivity contribution is -0.124. The van der Waals surface area contributed by atoms with Gasteiger partial charge in [-0.2, -0.15) is 0 Å². The molecule has 8 nitrogen and oxygen atoms in total. The van der Waals surface area contributed by atoms with Crippen LogP contribution in [0.5, 0.6) is 0 Å². The number of rotatable bonds is 6. The first kappa shape index (κ1) is 16.9. The Morgan fingerprint density at radius 3 is 2.65 bits per heavy atom. The summed E-state index contributed by atoms with van der Waals surface area (Å²) >= 11 is 0. The Morgan fingerprint density at radius 2 is 2.04 bits per heavy atom. The van der Waals surface area contributed by atoms with Crippen molar-refractivity contribution < 1.29 is 14.8 Å². The van der Waals surface area contributed by atoms with Gasteiger partial charge in [0.05, 0.1) is 18.1 Å². The molecule has 2 rings (SSSR count). The SMILES string of the molecule is C[C@@H](Nc1cnc(/C=C/C(=O)NO)cn1)C(=O)NC1CCCC1. The van der Waals surface area contributed by atoms with Crippen LogP contribution in [0.2, 0.25) is 0 Å². The molecular formula is C15H21N5O3. The minimum Gasteiger partial charge on any atom is -0.357 e. The Morgan fingerprint density at radius 1 is 1.30 bits per heavy atom. The van der Waals surface area contributed by atoms with E-state index in [2.05, 4.69) is 20.6 Å². The van der Waals surface area contributed by atoms with Gasteiger partial charge in [-0.25, -0.2) is 10.5 Å². The minimum atomic E-state index is -0.647. The molecule has 4 N–H and O–H groups in total. The summed E-state index contributed by atoms with van der Waals surface area (Å²) in [7, 11) is 0. The van der Waals surface area contributed by atoms with Crippen molar-refractivity contribution >= 4 is 23.7 Å². The number of carbonyl (C=O) groups excluding carboxylic acids is 2. The second-order valence-corrected chi connectivity index (χ2v) is 5.49. The van der Waals surface area contributed by atoms with Crippen molar-refractivity contribution in [2.45, 2.75) is 44.7 Å². The summed E-state index contributed by atoms with van der Waals surface area (Å²) in [6.07, 6.45) is 9.92. The van der Waals surface area contributed by atoms with E-state index in [9.17, 15) is 9.59 Å². The second-order valence-electron chi connectivity index (χ2n) is 5.49. The summed E-state index contributed by atoms with van der Waals surface area (Å²) in [4.78, 5) is 31.2. The zero-order chi connectivity index (χ0) is 16.7. The highest BCUT2D eigenvalue weighted by Crippen LogP contribution is 2.17. The van der Waals surface area contributed by atoms with Gasteiger partial charge in [-0.15, -0.1) is 0 Å². The van der Waals surface area contributed by atoms with E-state index >= 15 is 0 Å². The number of anilines is 1. The first-order chi connectivity index (χ1) is 11.1. The molecule has 124 valence electrons. The molecule has 0 bridgehead atoms. The monoisotopic (exact) mass is 319 g/mol. The summed E-state index contributed by atoms with van der Waals surface area (Å²) in [6, 6.07) is -0.130. The summed E-state index contributed by atoms with van der Waals surface area (Å²) in [5.41, 5.74) is 1.94. The topological polar surface area (TPSA) is 116 Å². The highest BCUT2D eigenvalue weighted by Gasteiger charge is 2.20. The van der Waals surface area contributed by atoms with Crippen molar-refractivity contribution in [1.29, 1.82) is 0 Å². The number of hydrogen-bond acceptors (Lipinski definition) is 6. The van der Waals surface area contributed by atoms with E-state index in [0.29, 0.717) is 11.5 Å². The molecule has 1 aromatic rings. The molecule has 1 aliphatic carbocycles. The number of hydroxylamine groups is 1. The van der Waals surface area contributed by atoms with Gasteiger partial charge in [-0.3, -0.25) is 19.8 Å². The lowest BCUT2D eigenvalue weighted by Crippen LogP contribution is -2.42. The van der Waals surface area contributed by atoms with Crippen molar-refractivity contribution in [3.05, 3.63) is 24.2 Å². The predicted molar refractivity (Wildman–Crippen MR) is 84.5 cm³/mol. The smallest absolute Gasteiger partial charge is 0.267 e. The van der Waals surface area contributed by atoms with Crippen molar-refractivity contribution in [3.8, 4) is 0 Å². The fourth-order valence-electron chi connectivity index (χ4n) is 2.38. The summed E-state index contributed by atoms with van der Waals surface area (Å²) in [6.45, 7) is 1.77. The first-order valence-electron chi connectivity index (χ1n) is 7.59. The van der Waals surface area contributed by atoms with Gasteiger partial charge in [0.1, 0.15) is 11.9 Å². The molecule has 0 unspecified atom stereocenters. The molecule has 1 atom stereocenters. The van der Waals surface area contributed by atoms with Gasteiger partial charge in [0.25, 0.3) is 5.91 Å². The van der Waals surface area contributed by atoms with Gasteiger partial charge in [0.15, 0.2) is 0 Å². The number of nitrogens with one attached hydrogen (secondary N) is 3. The van der Waals surface area contributed by atoms with Crippen molar-refractivity contribution in [2.75, 3.05) is 5.32 Å². The third kappa shape index (κ3) is 5.33. The van der Waals surface area contributed by atoms with Crippen molar-refractivity contribution in [2.24, 2.45) is 0 Å². The maximum atomic E-state index is 12.1. The van der Waals surface area contributed by atoms with Crippen LogP contribution in [0, 0.1) is 0 Å². The molecule has 1 heterocycles. The van der Waals surface area contributed by atoms with E-state index in [1.165, 1.54) is 36.8 Å². The summed E-state index contributed by atoms with van der Waals surface area (Å²) in [5, 5.41) is 14.4. The van der Waals surface area contributed by atoms with Crippen LogP contribution in [0.25, 0.3) is 6.08 Å². The fraction of sp³-hybridized carbons (Fsp3) is 0.467. The third-order valence-corrected chi connectivity index (χ3v) is 3.65. The highest BCUT2D eigenvalue weighted by atomic mass is 16.5. The molecule has 1 aromatic heterocycles. The van der Waals surface area contributed by atoms with E-state index in [1.54, 1.807) is 6.92 Å². The standard InChI is InChI=1S/C15H21N5O3/c1-10(15(22)19-11-4-2-3-5-11)18-13-9-16-12(8-17-13)6-7-14(21)20-23/h6-11,23H,2-5H2,1H3,(H,17,18)(H,19,22)(H,20,21)/b7-6+/t10-/m1/s1. The van der Waals surface area contributed by atoms with E-state index in [-0.39, 0.29) is 11.9 Å². The van der Waals surface area contributed by atoms with Gasteiger partial charge in [0.2, 0.25) is 5.91 Å². The number of amides is 2. The minimum absolute atomic E-state index is 0.0534. The Balaban J connectivity index is 1.85. The Labute approximate surface area is 134 Å². The first-order valence-corrected chi connectivity index (χ1v) is 7.59. The lowest BCUT2D eigenvalue weighted by Gasteiger charge is -2.17. The maximum absolute atomic E-state index is 12.1. The lowest BCUT2D eigenvalue weighted by atomic mass is 10.2. The zero-order valence-electron chi connectivity index (χ0n) is 13.0. The third-order valence-electron chi connectivity index (χ3n) is 3.65. The van der Waals surface area contributed by atoms with E-state index in [1.807, 2.05) is 0 Å². The van der Waals surface area contributed by atoms with Crippen molar-refractivity contribution in [3.63, 3.8) is 0 Å². The molecule has 0 aromatic carbocycles. The molecule has 1 saturated carbocycles. The number of aromatic nitrogens is 2. The van der Waals surface area contributed by atoms with Crippen LogP contribution in [0.1, 0.15) is 38.3 Å². The molecule has 23 heavy (non-hydrogen) atoms.